The van der Waals surface area contributed by atoms with E-state index in [2.05, 4.69) is 24.3 Å². The molecular weight excluding hydrogens is 319 g/mol. The van der Waals surface area contributed by atoms with Crippen LogP contribution in [0, 0.1) is 11.7 Å². The van der Waals surface area contributed by atoms with Crippen LogP contribution in [0.25, 0.3) is 5.69 Å². The molecule has 0 saturated heterocycles. The van der Waals surface area contributed by atoms with Crippen LogP contribution in [-0.2, 0) is 12.8 Å². The van der Waals surface area contributed by atoms with E-state index in [0.717, 1.165) is 36.9 Å². The molecule has 1 aromatic carbocycles. The fraction of sp³-hybridized carbons (Fsp3) is 0.474. The van der Waals surface area contributed by atoms with E-state index in [1.165, 1.54) is 6.07 Å². The molecular formula is C19H25FN4O. The third-order valence-electron chi connectivity index (χ3n) is 4.60. The fourth-order valence-electron chi connectivity index (χ4n) is 3.48. The zero-order chi connectivity index (χ0) is 18.0. The summed E-state index contributed by atoms with van der Waals surface area (Å²) in [6.07, 6.45) is 3.37. The zero-order valence-corrected chi connectivity index (χ0v) is 14.8. The number of fused-ring (bicyclic) bond motifs is 1. The molecule has 0 saturated carbocycles. The first-order valence-electron chi connectivity index (χ1n) is 8.87. The molecule has 1 aromatic heterocycles. The van der Waals surface area contributed by atoms with Gasteiger partial charge in [-0.2, -0.15) is 5.10 Å². The second-order valence-electron chi connectivity index (χ2n) is 7.03. The van der Waals surface area contributed by atoms with Crippen LogP contribution in [0.3, 0.4) is 0 Å². The van der Waals surface area contributed by atoms with Gasteiger partial charge in [0.25, 0.3) is 5.91 Å². The summed E-state index contributed by atoms with van der Waals surface area (Å²) in [5, 5.41) is 7.44. The molecule has 1 heterocycles. The van der Waals surface area contributed by atoms with Gasteiger partial charge >= 0.3 is 0 Å². The molecule has 6 heteroatoms. The molecule has 2 aromatic rings. The maximum absolute atomic E-state index is 14.2. The predicted molar refractivity (Wildman–Crippen MR) is 95.3 cm³/mol. The highest BCUT2D eigenvalue weighted by Gasteiger charge is 2.28. The van der Waals surface area contributed by atoms with E-state index < -0.39 is 0 Å². The molecule has 134 valence electrons. The lowest BCUT2D eigenvalue weighted by Crippen LogP contribution is -2.41. The molecule has 3 rings (SSSR count). The Kier molecular flexibility index (Phi) is 5.18. The highest BCUT2D eigenvalue weighted by molar-refractivity contribution is 5.94. The summed E-state index contributed by atoms with van der Waals surface area (Å²) in [7, 11) is 0. The molecule has 25 heavy (non-hydrogen) atoms. The molecule has 0 fully saturated rings. The van der Waals surface area contributed by atoms with Crippen LogP contribution in [0.5, 0.6) is 0 Å². The summed E-state index contributed by atoms with van der Waals surface area (Å²) in [6.45, 7) is 4.58. The lowest BCUT2D eigenvalue weighted by Gasteiger charge is -2.18. The third kappa shape index (κ3) is 3.58. The molecule has 5 nitrogen and oxygen atoms in total. The number of hydrogen-bond donors (Lipinski definition) is 2. The van der Waals surface area contributed by atoms with Gasteiger partial charge in [-0.05, 0) is 43.7 Å². The van der Waals surface area contributed by atoms with Gasteiger partial charge in [0.2, 0.25) is 0 Å². The number of carbonyl (C=O) groups is 1. The van der Waals surface area contributed by atoms with Gasteiger partial charge in [-0.15, -0.1) is 0 Å². The minimum absolute atomic E-state index is 0.0804. The SMILES string of the molecule is CC(C)CC(CN)NC(=O)c1nn(-c2ccccc2F)c2c1CCC2. The molecule has 3 N–H and O–H groups in total. The number of rotatable bonds is 6. The van der Waals surface area contributed by atoms with Gasteiger partial charge in [0, 0.05) is 23.8 Å². The summed E-state index contributed by atoms with van der Waals surface area (Å²) in [5.41, 5.74) is 8.44. The van der Waals surface area contributed by atoms with E-state index in [-0.39, 0.29) is 17.8 Å². The normalized spacial score (nSPS) is 14.6. The Morgan fingerprint density at radius 2 is 2.12 bits per heavy atom. The molecule has 0 radical (unpaired) electrons. The van der Waals surface area contributed by atoms with Crippen molar-refractivity contribution in [3.63, 3.8) is 0 Å². The number of amides is 1. The highest BCUT2D eigenvalue weighted by Crippen LogP contribution is 2.28. The number of halogens is 1. The number of para-hydroxylation sites is 1. The molecule has 0 spiro atoms. The Hall–Kier alpha value is -2.21. The molecule has 1 unspecified atom stereocenters. The average molecular weight is 344 g/mol. The van der Waals surface area contributed by atoms with Crippen molar-refractivity contribution in [3.05, 3.63) is 47.0 Å². The predicted octanol–water partition coefficient (Wildman–Crippen LogP) is 2.60. The van der Waals surface area contributed by atoms with Crippen molar-refractivity contribution >= 4 is 5.91 Å². The Labute approximate surface area is 147 Å². The minimum Gasteiger partial charge on any atom is -0.347 e. The summed E-state index contributed by atoms with van der Waals surface area (Å²) in [4.78, 5) is 12.7. The first kappa shape index (κ1) is 17.6. The zero-order valence-electron chi connectivity index (χ0n) is 14.8. The fourth-order valence-corrected chi connectivity index (χ4v) is 3.48. The van der Waals surface area contributed by atoms with Gasteiger partial charge in [0.1, 0.15) is 11.5 Å². The van der Waals surface area contributed by atoms with Gasteiger partial charge in [0.05, 0.1) is 0 Å². The van der Waals surface area contributed by atoms with Gasteiger partial charge < -0.3 is 11.1 Å². The summed E-state index contributed by atoms with van der Waals surface area (Å²) < 4.78 is 15.8. The first-order chi connectivity index (χ1) is 12.0. The van der Waals surface area contributed by atoms with Crippen LogP contribution in [-0.4, -0.2) is 28.3 Å². The van der Waals surface area contributed by atoms with Crippen molar-refractivity contribution in [2.45, 2.75) is 45.6 Å². The van der Waals surface area contributed by atoms with E-state index in [0.29, 0.717) is 23.8 Å². The van der Waals surface area contributed by atoms with Crippen molar-refractivity contribution in [1.82, 2.24) is 15.1 Å². The van der Waals surface area contributed by atoms with Crippen molar-refractivity contribution in [3.8, 4) is 5.69 Å². The van der Waals surface area contributed by atoms with Crippen LogP contribution in [0.4, 0.5) is 4.39 Å². The van der Waals surface area contributed by atoms with Crippen LogP contribution in [0.1, 0.15) is 48.4 Å². The molecule has 0 bridgehead atoms. The Morgan fingerprint density at radius 1 is 1.36 bits per heavy atom. The molecule has 1 amide bonds. The van der Waals surface area contributed by atoms with Crippen LogP contribution in [0.15, 0.2) is 24.3 Å². The van der Waals surface area contributed by atoms with E-state index in [9.17, 15) is 9.18 Å². The Bertz CT molecular complexity index is 769. The van der Waals surface area contributed by atoms with Gasteiger partial charge in [-0.1, -0.05) is 26.0 Å². The smallest absolute Gasteiger partial charge is 0.272 e. The summed E-state index contributed by atoms with van der Waals surface area (Å²) in [5.74, 6) is -0.119. The number of carbonyl (C=O) groups excluding carboxylic acids is 1. The van der Waals surface area contributed by atoms with Crippen LogP contribution < -0.4 is 11.1 Å². The molecule has 1 aliphatic carbocycles. The van der Waals surface area contributed by atoms with Crippen molar-refractivity contribution < 1.29 is 9.18 Å². The Balaban J connectivity index is 1.92. The number of nitrogens with two attached hydrogens (primary N) is 1. The highest BCUT2D eigenvalue weighted by atomic mass is 19.1. The second kappa shape index (κ2) is 7.35. The van der Waals surface area contributed by atoms with Crippen LogP contribution >= 0.6 is 0 Å². The van der Waals surface area contributed by atoms with E-state index >= 15 is 0 Å². The van der Waals surface area contributed by atoms with Gasteiger partial charge in [-0.25, -0.2) is 9.07 Å². The van der Waals surface area contributed by atoms with Crippen LogP contribution in [0.2, 0.25) is 0 Å². The maximum atomic E-state index is 14.2. The molecule has 1 atom stereocenters. The lowest BCUT2D eigenvalue weighted by atomic mass is 10.0. The lowest BCUT2D eigenvalue weighted by molar-refractivity contribution is 0.0927. The summed E-state index contributed by atoms with van der Waals surface area (Å²) in [6, 6.07) is 6.43. The number of nitrogens with one attached hydrogen (secondary N) is 1. The number of hydrogen-bond acceptors (Lipinski definition) is 3. The largest absolute Gasteiger partial charge is 0.347 e. The monoisotopic (exact) mass is 344 g/mol. The summed E-state index contributed by atoms with van der Waals surface area (Å²) >= 11 is 0. The first-order valence-corrected chi connectivity index (χ1v) is 8.87. The van der Waals surface area contributed by atoms with Crippen molar-refractivity contribution in [1.29, 1.82) is 0 Å². The topological polar surface area (TPSA) is 72.9 Å². The number of nitrogens with zero attached hydrogens (tertiary/aromatic N) is 2. The van der Waals surface area contributed by atoms with Crippen molar-refractivity contribution in [2.75, 3.05) is 6.54 Å². The standard InChI is InChI=1S/C19H25FN4O/c1-12(2)10-13(11-21)22-19(25)18-14-6-5-9-16(14)24(23-18)17-8-4-3-7-15(17)20/h3-4,7-8,12-13H,5-6,9-11,21H2,1-2H3,(H,22,25). The van der Waals surface area contributed by atoms with E-state index in [4.69, 9.17) is 5.73 Å². The van der Waals surface area contributed by atoms with Crippen molar-refractivity contribution in [2.24, 2.45) is 11.7 Å². The quantitative estimate of drug-likeness (QED) is 0.846. The average Bonchev–Trinajstić information content (AvgIpc) is 3.16. The molecule has 0 aliphatic heterocycles. The van der Waals surface area contributed by atoms with Gasteiger partial charge in [0.15, 0.2) is 5.69 Å². The minimum atomic E-state index is -0.341. The molecule has 1 aliphatic rings. The second-order valence-corrected chi connectivity index (χ2v) is 7.03. The third-order valence-corrected chi connectivity index (χ3v) is 4.60. The maximum Gasteiger partial charge on any atom is 0.272 e. The van der Waals surface area contributed by atoms with Gasteiger partial charge in [-0.3, -0.25) is 4.79 Å². The van der Waals surface area contributed by atoms with E-state index in [1.54, 1.807) is 22.9 Å². The Morgan fingerprint density at radius 3 is 2.80 bits per heavy atom. The number of benzene rings is 1. The number of aromatic nitrogens is 2. The van der Waals surface area contributed by atoms with E-state index in [1.807, 2.05) is 0 Å².